The second-order valence-electron chi connectivity index (χ2n) is 3.39. The molecule has 0 bridgehead atoms. The minimum Gasteiger partial charge on any atom is -0.361 e. The molecule has 0 saturated heterocycles. The maximum atomic E-state index is 6.10. The monoisotopic (exact) mass is 292 g/mol. The summed E-state index contributed by atoms with van der Waals surface area (Å²) in [5.41, 5.74) is 7.97. The van der Waals surface area contributed by atoms with Crippen LogP contribution in [0.3, 0.4) is 0 Å². The number of nitrogens with two attached hydrogens (primary N) is 1. The van der Waals surface area contributed by atoms with Gasteiger partial charge in [0.2, 0.25) is 0 Å². The molecule has 92 valence electrons. The average Bonchev–Trinajstić information content (AvgIpc) is 2.59. The van der Waals surface area contributed by atoms with Crippen LogP contribution in [-0.4, -0.2) is 5.16 Å². The van der Waals surface area contributed by atoms with E-state index in [4.69, 9.17) is 33.5 Å². The third-order valence-corrected chi connectivity index (χ3v) is 2.92. The van der Waals surface area contributed by atoms with Gasteiger partial charge >= 0.3 is 0 Å². The van der Waals surface area contributed by atoms with Crippen molar-refractivity contribution in [1.82, 2.24) is 5.16 Å². The van der Waals surface area contributed by atoms with Crippen molar-refractivity contribution < 1.29 is 4.52 Å². The molecule has 2 aromatic rings. The molecule has 0 spiro atoms. The summed E-state index contributed by atoms with van der Waals surface area (Å²) in [5, 5.41) is 5.09. The summed E-state index contributed by atoms with van der Waals surface area (Å²) in [6.45, 7) is 2.19. The Morgan fingerprint density at radius 1 is 1.35 bits per heavy atom. The van der Waals surface area contributed by atoms with E-state index >= 15 is 0 Å². The molecule has 0 aliphatic rings. The summed E-state index contributed by atoms with van der Waals surface area (Å²) in [6, 6.07) is 5.23. The van der Waals surface area contributed by atoms with Crippen molar-refractivity contribution in [2.24, 2.45) is 5.73 Å². The minimum atomic E-state index is 0. The van der Waals surface area contributed by atoms with Crippen molar-refractivity contribution in [3.8, 4) is 11.3 Å². The number of rotatable bonds is 2. The molecule has 17 heavy (non-hydrogen) atoms. The molecule has 0 fully saturated rings. The van der Waals surface area contributed by atoms with Crippen LogP contribution in [0.1, 0.15) is 11.3 Å². The molecule has 2 N–H and O–H groups in total. The van der Waals surface area contributed by atoms with Gasteiger partial charge in [0.15, 0.2) is 0 Å². The van der Waals surface area contributed by atoms with Crippen molar-refractivity contribution in [1.29, 1.82) is 0 Å². The lowest BCUT2D eigenvalue weighted by molar-refractivity contribution is 0.398. The van der Waals surface area contributed by atoms with Crippen LogP contribution in [0.4, 0.5) is 0 Å². The predicted octanol–water partition coefficient (Wildman–Crippen LogP) is 3.84. The van der Waals surface area contributed by atoms with Crippen LogP contribution in [0.15, 0.2) is 22.7 Å². The molecule has 0 aliphatic carbocycles. The zero-order valence-electron chi connectivity index (χ0n) is 9.04. The second-order valence-corrected chi connectivity index (χ2v) is 4.24. The number of nitrogens with zero attached hydrogens (tertiary/aromatic N) is 1. The lowest BCUT2D eigenvalue weighted by Crippen LogP contribution is -1.98. The molecule has 0 saturated carbocycles. The molecule has 0 amide bonds. The lowest BCUT2D eigenvalue weighted by Gasteiger charge is -2.02. The van der Waals surface area contributed by atoms with Crippen molar-refractivity contribution in [3.63, 3.8) is 0 Å². The summed E-state index contributed by atoms with van der Waals surface area (Å²) in [4.78, 5) is 0. The minimum absolute atomic E-state index is 0. The molecule has 0 aliphatic heterocycles. The van der Waals surface area contributed by atoms with Gasteiger partial charge in [-0.1, -0.05) is 28.4 Å². The van der Waals surface area contributed by atoms with E-state index in [2.05, 4.69) is 5.16 Å². The standard InChI is InChI=1S/C11H10Cl2N2O.ClH/c1-6-9(5-14)11(15-16-6)8-3-2-7(12)4-10(8)13;/h2-4H,5,14H2,1H3;1H. The summed E-state index contributed by atoms with van der Waals surface area (Å²) in [7, 11) is 0. The fourth-order valence-corrected chi connectivity index (χ4v) is 2.02. The largest absolute Gasteiger partial charge is 0.361 e. The van der Waals surface area contributed by atoms with Gasteiger partial charge in [-0.25, -0.2) is 0 Å². The van der Waals surface area contributed by atoms with Crippen LogP contribution in [0.5, 0.6) is 0 Å². The molecule has 3 nitrogen and oxygen atoms in total. The number of hydrogen-bond donors (Lipinski definition) is 1. The molecule has 0 radical (unpaired) electrons. The highest BCUT2D eigenvalue weighted by atomic mass is 35.5. The first-order valence-corrected chi connectivity index (χ1v) is 5.49. The first kappa shape index (κ1) is 14.3. The Bertz CT molecular complexity index is 525. The van der Waals surface area contributed by atoms with Crippen molar-refractivity contribution in [2.75, 3.05) is 0 Å². The molecule has 0 unspecified atom stereocenters. The molecule has 6 heteroatoms. The Morgan fingerprint density at radius 3 is 2.65 bits per heavy atom. The fraction of sp³-hybridized carbons (Fsp3) is 0.182. The Labute approximate surface area is 115 Å². The van der Waals surface area contributed by atoms with Gasteiger partial charge in [0, 0.05) is 22.7 Å². The molecule has 2 rings (SSSR count). The van der Waals surface area contributed by atoms with Crippen LogP contribution in [-0.2, 0) is 6.54 Å². The van der Waals surface area contributed by atoms with Gasteiger partial charge in [0.05, 0.1) is 5.02 Å². The number of aromatic nitrogens is 1. The fourth-order valence-electron chi connectivity index (χ4n) is 1.52. The Balaban J connectivity index is 0.00000144. The van der Waals surface area contributed by atoms with Crippen LogP contribution in [0, 0.1) is 6.92 Å². The number of benzene rings is 1. The predicted molar refractivity (Wildman–Crippen MR) is 71.8 cm³/mol. The van der Waals surface area contributed by atoms with Gasteiger partial charge in [-0.15, -0.1) is 12.4 Å². The van der Waals surface area contributed by atoms with Gasteiger partial charge < -0.3 is 10.3 Å². The Hall–Kier alpha value is -0.740. The van der Waals surface area contributed by atoms with Crippen LogP contribution >= 0.6 is 35.6 Å². The smallest absolute Gasteiger partial charge is 0.138 e. The third-order valence-electron chi connectivity index (χ3n) is 2.38. The van der Waals surface area contributed by atoms with E-state index in [1.807, 2.05) is 6.92 Å². The van der Waals surface area contributed by atoms with E-state index < -0.39 is 0 Å². The molecular formula is C11H11Cl3N2O. The van der Waals surface area contributed by atoms with Crippen LogP contribution < -0.4 is 5.73 Å². The highest BCUT2D eigenvalue weighted by Crippen LogP contribution is 2.32. The number of halogens is 3. The quantitative estimate of drug-likeness (QED) is 0.915. The Morgan fingerprint density at radius 2 is 2.06 bits per heavy atom. The van der Waals surface area contributed by atoms with Crippen molar-refractivity contribution >= 4 is 35.6 Å². The van der Waals surface area contributed by atoms with Gasteiger partial charge in [-0.2, -0.15) is 0 Å². The Kier molecular flexibility index (Phi) is 4.83. The van der Waals surface area contributed by atoms with E-state index in [1.54, 1.807) is 18.2 Å². The van der Waals surface area contributed by atoms with E-state index in [9.17, 15) is 0 Å². The number of hydrogen-bond acceptors (Lipinski definition) is 3. The van der Waals surface area contributed by atoms with Gasteiger partial charge in [-0.05, 0) is 25.1 Å². The molecule has 1 heterocycles. The zero-order valence-corrected chi connectivity index (χ0v) is 11.4. The molecule has 0 atom stereocenters. The third kappa shape index (κ3) is 2.75. The lowest BCUT2D eigenvalue weighted by atomic mass is 10.1. The van der Waals surface area contributed by atoms with E-state index in [0.29, 0.717) is 28.0 Å². The van der Waals surface area contributed by atoms with Gasteiger partial charge in [-0.3, -0.25) is 0 Å². The summed E-state index contributed by atoms with van der Waals surface area (Å²) >= 11 is 11.9. The van der Waals surface area contributed by atoms with Crippen LogP contribution in [0.25, 0.3) is 11.3 Å². The van der Waals surface area contributed by atoms with Gasteiger partial charge in [0.25, 0.3) is 0 Å². The van der Waals surface area contributed by atoms with Crippen LogP contribution in [0.2, 0.25) is 10.0 Å². The summed E-state index contributed by atoms with van der Waals surface area (Å²) < 4.78 is 5.10. The summed E-state index contributed by atoms with van der Waals surface area (Å²) in [5.74, 6) is 0.712. The summed E-state index contributed by atoms with van der Waals surface area (Å²) in [6.07, 6.45) is 0. The first-order valence-electron chi connectivity index (χ1n) is 4.74. The molecule has 1 aromatic heterocycles. The zero-order chi connectivity index (χ0) is 11.7. The average molecular weight is 294 g/mol. The normalized spacial score (nSPS) is 10.1. The number of aryl methyl sites for hydroxylation is 1. The SMILES string of the molecule is Cc1onc(-c2ccc(Cl)cc2Cl)c1CN.Cl. The van der Waals surface area contributed by atoms with E-state index in [1.165, 1.54) is 0 Å². The molecular weight excluding hydrogens is 282 g/mol. The maximum Gasteiger partial charge on any atom is 0.138 e. The topological polar surface area (TPSA) is 52.0 Å². The van der Waals surface area contributed by atoms with Crippen molar-refractivity contribution in [2.45, 2.75) is 13.5 Å². The first-order chi connectivity index (χ1) is 7.63. The highest BCUT2D eigenvalue weighted by molar-refractivity contribution is 6.36. The molecule has 1 aromatic carbocycles. The maximum absolute atomic E-state index is 6.10. The van der Waals surface area contributed by atoms with Gasteiger partial charge in [0.1, 0.15) is 11.5 Å². The van der Waals surface area contributed by atoms with E-state index in [0.717, 1.165) is 11.1 Å². The highest BCUT2D eigenvalue weighted by Gasteiger charge is 2.15. The van der Waals surface area contributed by atoms with Crippen molar-refractivity contribution in [3.05, 3.63) is 39.6 Å². The second kappa shape index (κ2) is 5.74. The van der Waals surface area contributed by atoms with E-state index in [-0.39, 0.29) is 12.4 Å².